The molecule has 0 saturated heterocycles. The summed E-state index contributed by atoms with van der Waals surface area (Å²) in [5.41, 5.74) is 3.23. The average Bonchev–Trinajstić information content (AvgIpc) is 2.34. The summed E-state index contributed by atoms with van der Waals surface area (Å²) in [7, 11) is 0. The Bertz CT molecular complexity index is 532. The Labute approximate surface area is 129 Å². The Hall–Kier alpha value is -1.70. The van der Waals surface area contributed by atoms with Crippen LogP contribution in [0, 0.1) is 11.6 Å². The number of carbonyl (C=O) groups excluding carboxylic acids is 2. The fourth-order valence-electron chi connectivity index (χ4n) is 1.80. The first-order valence-corrected chi connectivity index (χ1v) is 7.09. The van der Waals surface area contributed by atoms with Gasteiger partial charge in [-0.2, -0.15) is 0 Å². The molecule has 0 aliphatic heterocycles. The number of rotatable bonds is 5. The van der Waals surface area contributed by atoms with Gasteiger partial charge in [-0.1, -0.05) is 22.0 Å². The highest BCUT2D eigenvalue weighted by molar-refractivity contribution is 9.09. The van der Waals surface area contributed by atoms with E-state index in [1.54, 1.807) is 0 Å². The number of hydrogen-bond acceptors (Lipinski definition) is 3. The molecule has 1 rings (SSSR count). The number of para-hydroxylation sites is 1. The molecule has 116 valence electrons. The van der Waals surface area contributed by atoms with Gasteiger partial charge in [-0.15, -0.1) is 0 Å². The highest BCUT2D eigenvalue weighted by Crippen LogP contribution is 2.26. The van der Waals surface area contributed by atoms with Crippen molar-refractivity contribution in [3.8, 4) is 0 Å². The number of ether oxygens (including phenoxy) is 1. The summed E-state index contributed by atoms with van der Waals surface area (Å²) in [5, 5.41) is -0.145. The van der Waals surface area contributed by atoms with Crippen molar-refractivity contribution in [2.24, 2.45) is 5.73 Å². The van der Waals surface area contributed by atoms with E-state index >= 15 is 0 Å². The largest absolute Gasteiger partial charge is 0.442 e. The molecular formula is C13H15BrF2N2O3. The molecule has 8 heteroatoms. The van der Waals surface area contributed by atoms with Gasteiger partial charge in [-0.05, 0) is 26.0 Å². The Morgan fingerprint density at radius 1 is 1.33 bits per heavy atom. The number of nitrogens with two attached hydrogens (primary N) is 1. The second-order valence-corrected chi connectivity index (χ2v) is 5.43. The molecule has 1 aromatic rings. The van der Waals surface area contributed by atoms with Crippen LogP contribution in [0.4, 0.5) is 19.3 Å². The summed E-state index contributed by atoms with van der Waals surface area (Å²) < 4.78 is 32.6. The molecule has 1 aromatic carbocycles. The maximum atomic E-state index is 13.9. The standard InChI is InChI=1S/C13H15BrF2N2O3/c1-13(2,21-12(17)20)7-18(10(19)6-14)11-8(15)4-3-5-9(11)16/h3-5H,6-7H2,1-2H3,(H2,17,20). The van der Waals surface area contributed by atoms with Crippen molar-refractivity contribution in [2.45, 2.75) is 19.4 Å². The van der Waals surface area contributed by atoms with Gasteiger partial charge in [0.05, 0.1) is 11.9 Å². The third-order valence-electron chi connectivity index (χ3n) is 2.54. The third kappa shape index (κ3) is 4.66. The van der Waals surface area contributed by atoms with Crippen molar-refractivity contribution in [1.29, 1.82) is 0 Å². The molecule has 0 unspecified atom stereocenters. The second-order valence-electron chi connectivity index (χ2n) is 4.86. The molecule has 0 spiro atoms. The van der Waals surface area contributed by atoms with E-state index < -0.39 is 34.9 Å². The van der Waals surface area contributed by atoms with Gasteiger partial charge in [0.1, 0.15) is 22.9 Å². The summed E-state index contributed by atoms with van der Waals surface area (Å²) in [6.07, 6.45) is -1.04. The minimum Gasteiger partial charge on any atom is -0.442 e. The lowest BCUT2D eigenvalue weighted by Gasteiger charge is -2.32. The van der Waals surface area contributed by atoms with E-state index in [0.29, 0.717) is 0 Å². The zero-order valence-electron chi connectivity index (χ0n) is 11.5. The minimum absolute atomic E-state index is 0.145. The van der Waals surface area contributed by atoms with Crippen molar-refractivity contribution in [1.82, 2.24) is 0 Å². The maximum Gasteiger partial charge on any atom is 0.405 e. The van der Waals surface area contributed by atoms with Crippen LogP contribution in [0.15, 0.2) is 18.2 Å². The third-order valence-corrected chi connectivity index (χ3v) is 3.02. The average molecular weight is 365 g/mol. The van der Waals surface area contributed by atoms with E-state index in [1.165, 1.54) is 19.9 Å². The lowest BCUT2D eigenvalue weighted by molar-refractivity contribution is -0.116. The number of halogens is 3. The van der Waals surface area contributed by atoms with E-state index in [2.05, 4.69) is 15.9 Å². The second kappa shape index (κ2) is 6.84. The molecule has 0 fully saturated rings. The molecule has 0 aliphatic rings. The number of primary amides is 1. The number of carbonyl (C=O) groups is 2. The van der Waals surface area contributed by atoms with Gasteiger partial charge in [-0.25, -0.2) is 13.6 Å². The predicted octanol–water partition coefficient (Wildman–Crippen LogP) is 2.57. The molecular weight excluding hydrogens is 350 g/mol. The van der Waals surface area contributed by atoms with Crippen molar-refractivity contribution >= 4 is 33.6 Å². The van der Waals surface area contributed by atoms with Crippen LogP contribution >= 0.6 is 15.9 Å². The summed E-state index contributed by atoms with van der Waals surface area (Å²) in [6, 6.07) is 3.26. The fraction of sp³-hybridized carbons (Fsp3) is 0.385. The fourth-order valence-corrected chi connectivity index (χ4v) is 2.10. The van der Waals surface area contributed by atoms with E-state index in [4.69, 9.17) is 10.5 Å². The highest BCUT2D eigenvalue weighted by Gasteiger charge is 2.31. The van der Waals surface area contributed by atoms with Gasteiger partial charge in [0, 0.05) is 0 Å². The van der Waals surface area contributed by atoms with Crippen molar-refractivity contribution in [3.05, 3.63) is 29.8 Å². The van der Waals surface area contributed by atoms with Crippen molar-refractivity contribution < 1.29 is 23.1 Å². The Morgan fingerprint density at radius 2 is 1.86 bits per heavy atom. The van der Waals surface area contributed by atoms with Gasteiger partial charge >= 0.3 is 6.09 Å². The van der Waals surface area contributed by atoms with E-state index in [9.17, 15) is 18.4 Å². The SMILES string of the molecule is CC(C)(CN(C(=O)CBr)c1c(F)cccc1F)OC(N)=O. The van der Waals surface area contributed by atoms with Crippen LogP contribution in [0.1, 0.15) is 13.8 Å². The minimum atomic E-state index is -1.21. The van der Waals surface area contributed by atoms with Gasteiger partial charge in [-0.3, -0.25) is 4.79 Å². The number of amides is 2. The normalized spacial score (nSPS) is 11.1. The molecule has 2 N–H and O–H groups in total. The zero-order chi connectivity index (χ0) is 16.2. The van der Waals surface area contributed by atoms with Crippen LogP contribution in [0.5, 0.6) is 0 Å². The molecule has 0 radical (unpaired) electrons. The van der Waals surface area contributed by atoms with Crippen LogP contribution in [0.3, 0.4) is 0 Å². The quantitative estimate of drug-likeness (QED) is 0.816. The monoisotopic (exact) mass is 364 g/mol. The van der Waals surface area contributed by atoms with Crippen molar-refractivity contribution in [3.63, 3.8) is 0 Å². The summed E-state index contributed by atoms with van der Waals surface area (Å²) in [5.74, 6) is -2.36. The van der Waals surface area contributed by atoms with Crippen LogP contribution in [-0.4, -0.2) is 29.5 Å². The van der Waals surface area contributed by atoms with Crippen molar-refractivity contribution in [2.75, 3.05) is 16.8 Å². The van der Waals surface area contributed by atoms with Crippen LogP contribution in [0.2, 0.25) is 0 Å². The molecule has 0 bridgehead atoms. The summed E-state index contributed by atoms with van der Waals surface area (Å²) in [4.78, 5) is 23.7. The molecule has 5 nitrogen and oxygen atoms in total. The zero-order valence-corrected chi connectivity index (χ0v) is 13.1. The molecule has 0 saturated carbocycles. The molecule has 0 aromatic heterocycles. The molecule has 0 aliphatic carbocycles. The first kappa shape index (κ1) is 17.4. The van der Waals surface area contributed by atoms with Gasteiger partial charge in [0.2, 0.25) is 5.91 Å². The van der Waals surface area contributed by atoms with Gasteiger partial charge in [0.25, 0.3) is 0 Å². The predicted molar refractivity (Wildman–Crippen MR) is 77.3 cm³/mol. The van der Waals surface area contributed by atoms with Crippen LogP contribution < -0.4 is 10.6 Å². The first-order valence-electron chi connectivity index (χ1n) is 5.96. The smallest absolute Gasteiger partial charge is 0.405 e. The number of benzene rings is 1. The molecule has 0 atom stereocenters. The highest BCUT2D eigenvalue weighted by atomic mass is 79.9. The Morgan fingerprint density at radius 3 is 2.29 bits per heavy atom. The number of anilines is 1. The number of nitrogens with zero attached hydrogens (tertiary/aromatic N) is 1. The summed E-state index contributed by atoms with van der Waals surface area (Å²) in [6.45, 7) is 2.70. The van der Waals surface area contributed by atoms with Gasteiger partial charge in [0.15, 0.2) is 0 Å². The maximum absolute atomic E-state index is 13.9. The van der Waals surface area contributed by atoms with Crippen LogP contribution in [0.25, 0.3) is 0 Å². The van der Waals surface area contributed by atoms with E-state index in [-0.39, 0.29) is 11.9 Å². The summed E-state index contributed by atoms with van der Waals surface area (Å²) >= 11 is 2.95. The van der Waals surface area contributed by atoms with Crippen LogP contribution in [-0.2, 0) is 9.53 Å². The first-order chi connectivity index (χ1) is 9.68. The van der Waals surface area contributed by atoms with Gasteiger partial charge < -0.3 is 15.4 Å². The number of hydrogen-bond donors (Lipinski definition) is 1. The Balaban J connectivity index is 3.19. The van der Waals surface area contributed by atoms with E-state index in [1.807, 2.05) is 0 Å². The lowest BCUT2D eigenvalue weighted by Crippen LogP contribution is -2.47. The lowest BCUT2D eigenvalue weighted by atomic mass is 10.1. The molecule has 0 heterocycles. The topological polar surface area (TPSA) is 72.6 Å². The molecule has 21 heavy (non-hydrogen) atoms. The van der Waals surface area contributed by atoms with E-state index in [0.717, 1.165) is 17.0 Å². The Kier molecular flexibility index (Phi) is 5.65. The number of alkyl halides is 1. The molecule has 2 amide bonds.